The van der Waals surface area contributed by atoms with Gasteiger partial charge >= 0.3 is 12.0 Å². The third-order valence-corrected chi connectivity index (χ3v) is 4.77. The first-order valence-corrected chi connectivity index (χ1v) is 7.41. The lowest BCUT2D eigenvalue weighted by molar-refractivity contribution is -0.146. The van der Waals surface area contributed by atoms with Crippen LogP contribution in [0.25, 0.3) is 0 Å². The van der Waals surface area contributed by atoms with Crippen LogP contribution >= 0.6 is 11.3 Å². The van der Waals surface area contributed by atoms with Crippen LogP contribution in [0.1, 0.15) is 37.0 Å². The summed E-state index contributed by atoms with van der Waals surface area (Å²) in [6.45, 7) is 6.18. The van der Waals surface area contributed by atoms with E-state index in [1.807, 2.05) is 19.2 Å². The van der Waals surface area contributed by atoms with E-state index in [1.165, 1.54) is 11.3 Å². The minimum absolute atomic E-state index is 0.169. The highest BCUT2D eigenvalue weighted by Crippen LogP contribution is 2.30. The van der Waals surface area contributed by atoms with E-state index in [1.54, 1.807) is 11.8 Å². The Kier molecular flexibility index (Phi) is 3.99. The molecule has 0 spiro atoms. The number of aromatic nitrogens is 1. The van der Waals surface area contributed by atoms with Gasteiger partial charge in [0.2, 0.25) is 0 Å². The number of carboxylic acids is 1. The van der Waals surface area contributed by atoms with Crippen molar-refractivity contribution in [2.75, 3.05) is 13.1 Å². The molecule has 0 radical (unpaired) electrons. The maximum absolute atomic E-state index is 12.1. The molecule has 20 heavy (non-hydrogen) atoms. The normalized spacial score (nSPS) is 23.6. The summed E-state index contributed by atoms with van der Waals surface area (Å²) in [7, 11) is 0. The Morgan fingerprint density at radius 1 is 1.60 bits per heavy atom. The molecule has 0 aromatic carbocycles. The van der Waals surface area contributed by atoms with E-state index in [2.05, 4.69) is 10.3 Å². The average molecular weight is 297 g/mol. The molecule has 110 valence electrons. The van der Waals surface area contributed by atoms with Crippen LogP contribution in [0, 0.1) is 12.3 Å². The molecule has 2 unspecified atom stereocenters. The maximum Gasteiger partial charge on any atom is 0.317 e. The fraction of sp³-hybridized carbons (Fsp3) is 0.615. The third-order valence-electron chi connectivity index (χ3n) is 3.62. The summed E-state index contributed by atoms with van der Waals surface area (Å²) in [5.74, 6) is -0.851. The highest BCUT2D eigenvalue weighted by Gasteiger charge is 2.42. The summed E-state index contributed by atoms with van der Waals surface area (Å²) in [5.41, 5.74) is 0.101. The number of likely N-dealkylation sites (tertiary alicyclic amines) is 1. The Morgan fingerprint density at radius 2 is 2.30 bits per heavy atom. The van der Waals surface area contributed by atoms with E-state index in [9.17, 15) is 9.59 Å². The van der Waals surface area contributed by atoms with Crippen molar-refractivity contribution in [3.05, 3.63) is 16.1 Å². The number of carbonyl (C=O) groups is 2. The molecule has 1 aliphatic rings. The van der Waals surface area contributed by atoms with Crippen LogP contribution in [-0.2, 0) is 4.79 Å². The van der Waals surface area contributed by atoms with Crippen LogP contribution in [0.5, 0.6) is 0 Å². The number of hydrogen-bond donors (Lipinski definition) is 2. The number of nitrogens with zero attached hydrogens (tertiary/aromatic N) is 2. The van der Waals surface area contributed by atoms with Crippen molar-refractivity contribution in [3.8, 4) is 0 Å². The second-order valence-corrected chi connectivity index (χ2v) is 6.43. The summed E-state index contributed by atoms with van der Waals surface area (Å²) in [6.07, 6.45) is 0.487. The quantitative estimate of drug-likeness (QED) is 0.894. The minimum atomic E-state index is -0.851. The number of rotatable bonds is 3. The standard InChI is InChI=1S/C13H19N3O3S/c1-8-6-20-10(14-8)9(2)15-12(19)16-5-4-13(3,7-16)11(17)18/h6,9H,4-5,7H2,1-3H3,(H,15,19)(H,17,18). The molecule has 0 saturated carbocycles. The van der Waals surface area contributed by atoms with Crippen LogP contribution in [0.3, 0.4) is 0 Å². The minimum Gasteiger partial charge on any atom is -0.481 e. The van der Waals surface area contributed by atoms with Gasteiger partial charge in [-0.05, 0) is 27.2 Å². The summed E-state index contributed by atoms with van der Waals surface area (Å²) in [5, 5.41) is 14.8. The van der Waals surface area contributed by atoms with E-state index >= 15 is 0 Å². The molecule has 6 nitrogen and oxygen atoms in total. The van der Waals surface area contributed by atoms with Crippen molar-refractivity contribution in [3.63, 3.8) is 0 Å². The SMILES string of the molecule is Cc1csc(C(C)NC(=O)N2CCC(C)(C(=O)O)C2)n1. The average Bonchev–Trinajstić information content (AvgIpc) is 2.96. The molecule has 1 aliphatic heterocycles. The first-order chi connectivity index (χ1) is 9.32. The Balaban J connectivity index is 1.95. The van der Waals surface area contributed by atoms with Gasteiger partial charge in [-0.1, -0.05) is 0 Å². The number of aliphatic carboxylic acids is 1. The van der Waals surface area contributed by atoms with Crippen LogP contribution in [0.4, 0.5) is 4.79 Å². The Labute approximate surface area is 121 Å². The Hall–Kier alpha value is -1.63. The molecular weight excluding hydrogens is 278 g/mol. The van der Waals surface area contributed by atoms with Gasteiger partial charge in [-0.15, -0.1) is 11.3 Å². The number of nitrogens with one attached hydrogen (secondary N) is 1. The lowest BCUT2D eigenvalue weighted by Crippen LogP contribution is -2.41. The lowest BCUT2D eigenvalue weighted by Gasteiger charge is -2.22. The molecular formula is C13H19N3O3S. The molecule has 0 bridgehead atoms. The lowest BCUT2D eigenvalue weighted by atomic mass is 9.90. The highest BCUT2D eigenvalue weighted by molar-refractivity contribution is 7.09. The molecule has 1 fully saturated rings. The van der Waals surface area contributed by atoms with Crippen molar-refractivity contribution < 1.29 is 14.7 Å². The van der Waals surface area contributed by atoms with Crippen molar-refractivity contribution in [2.24, 2.45) is 5.41 Å². The fourth-order valence-corrected chi connectivity index (χ4v) is 3.02. The fourth-order valence-electron chi connectivity index (χ4n) is 2.22. The van der Waals surface area contributed by atoms with E-state index < -0.39 is 11.4 Å². The number of urea groups is 1. The second-order valence-electron chi connectivity index (χ2n) is 5.54. The number of carbonyl (C=O) groups excluding carboxylic acids is 1. The third kappa shape index (κ3) is 2.92. The van der Waals surface area contributed by atoms with Gasteiger partial charge in [0.15, 0.2) is 0 Å². The van der Waals surface area contributed by atoms with E-state index in [4.69, 9.17) is 5.11 Å². The van der Waals surface area contributed by atoms with Crippen molar-refractivity contribution in [1.82, 2.24) is 15.2 Å². The number of aryl methyl sites for hydroxylation is 1. The second kappa shape index (κ2) is 5.40. The largest absolute Gasteiger partial charge is 0.481 e. The predicted molar refractivity (Wildman–Crippen MR) is 75.7 cm³/mol. The van der Waals surface area contributed by atoms with Crippen molar-refractivity contribution in [1.29, 1.82) is 0 Å². The molecule has 0 aliphatic carbocycles. The monoisotopic (exact) mass is 297 g/mol. The van der Waals surface area contributed by atoms with Crippen LogP contribution in [-0.4, -0.2) is 40.1 Å². The summed E-state index contributed by atoms with van der Waals surface area (Å²) in [6, 6.07) is -0.395. The number of carboxylic acid groups (broad SMARTS) is 1. The van der Waals surface area contributed by atoms with Gasteiger partial charge in [0.05, 0.1) is 11.5 Å². The van der Waals surface area contributed by atoms with Gasteiger partial charge in [-0.25, -0.2) is 9.78 Å². The van der Waals surface area contributed by atoms with Gasteiger partial charge in [-0.2, -0.15) is 0 Å². The molecule has 1 aromatic rings. The summed E-state index contributed by atoms with van der Waals surface area (Å²) in [4.78, 5) is 29.2. The maximum atomic E-state index is 12.1. The van der Waals surface area contributed by atoms with Gasteiger partial charge in [-0.3, -0.25) is 4.79 Å². The van der Waals surface area contributed by atoms with E-state index in [0.717, 1.165) is 10.7 Å². The number of amides is 2. The molecule has 7 heteroatoms. The van der Waals surface area contributed by atoms with Gasteiger partial charge < -0.3 is 15.3 Å². The summed E-state index contributed by atoms with van der Waals surface area (Å²) < 4.78 is 0. The van der Waals surface area contributed by atoms with Crippen molar-refractivity contribution in [2.45, 2.75) is 33.2 Å². The molecule has 2 amide bonds. The zero-order valence-electron chi connectivity index (χ0n) is 11.8. The van der Waals surface area contributed by atoms with Crippen LogP contribution in [0.2, 0.25) is 0 Å². The molecule has 2 heterocycles. The van der Waals surface area contributed by atoms with Gasteiger partial charge in [0.1, 0.15) is 5.01 Å². The molecule has 2 N–H and O–H groups in total. The first kappa shape index (κ1) is 14.8. The number of hydrogen-bond acceptors (Lipinski definition) is 4. The Bertz CT molecular complexity index is 531. The zero-order valence-corrected chi connectivity index (χ0v) is 12.7. The smallest absolute Gasteiger partial charge is 0.317 e. The van der Waals surface area contributed by atoms with Crippen molar-refractivity contribution >= 4 is 23.3 Å². The topological polar surface area (TPSA) is 82.5 Å². The molecule has 2 rings (SSSR count). The Morgan fingerprint density at radius 3 is 2.80 bits per heavy atom. The van der Waals surface area contributed by atoms with E-state index in [0.29, 0.717) is 13.0 Å². The van der Waals surface area contributed by atoms with Crippen LogP contribution < -0.4 is 5.32 Å². The first-order valence-electron chi connectivity index (χ1n) is 6.53. The molecule has 2 atom stereocenters. The van der Waals surface area contributed by atoms with Crippen LogP contribution in [0.15, 0.2) is 5.38 Å². The van der Waals surface area contributed by atoms with Gasteiger partial charge in [0, 0.05) is 24.2 Å². The summed E-state index contributed by atoms with van der Waals surface area (Å²) >= 11 is 1.51. The van der Waals surface area contributed by atoms with Gasteiger partial charge in [0.25, 0.3) is 0 Å². The molecule has 1 saturated heterocycles. The van der Waals surface area contributed by atoms with E-state index in [-0.39, 0.29) is 18.6 Å². The molecule has 1 aromatic heterocycles. The highest BCUT2D eigenvalue weighted by atomic mass is 32.1. The predicted octanol–water partition coefficient (Wildman–Crippen LogP) is 2.02. The zero-order chi connectivity index (χ0) is 14.9. The number of thiazole rings is 1.